The van der Waals surface area contributed by atoms with E-state index < -0.39 is 5.97 Å². The van der Waals surface area contributed by atoms with Crippen molar-refractivity contribution < 1.29 is 19.2 Å². The first-order valence-electron chi connectivity index (χ1n) is 10.2. The highest BCUT2D eigenvalue weighted by Gasteiger charge is 2.48. The number of aliphatic carboxylic acids is 1. The number of aromatic nitrogens is 1. The third-order valence-electron chi connectivity index (χ3n) is 5.96. The molecular formula is C25H25N2O3+. The van der Waals surface area contributed by atoms with Crippen LogP contribution >= 0.6 is 0 Å². The van der Waals surface area contributed by atoms with E-state index in [0.717, 1.165) is 23.2 Å². The summed E-state index contributed by atoms with van der Waals surface area (Å²) in [5, 5.41) is 9.20. The van der Waals surface area contributed by atoms with Gasteiger partial charge in [0.15, 0.2) is 0 Å². The molecule has 1 amide bonds. The molecule has 5 heteroatoms. The fourth-order valence-electron chi connectivity index (χ4n) is 4.59. The smallest absolute Gasteiger partial charge is 0.315 e. The number of carbonyl (C=O) groups excluding carboxylic acids is 1. The van der Waals surface area contributed by atoms with Crippen LogP contribution in [0.2, 0.25) is 0 Å². The van der Waals surface area contributed by atoms with Crippen LogP contribution < -0.4 is 0 Å². The van der Waals surface area contributed by atoms with Gasteiger partial charge in [0.1, 0.15) is 12.6 Å². The number of hydrogen-bond donors (Lipinski definition) is 1. The average Bonchev–Trinajstić information content (AvgIpc) is 2.78. The van der Waals surface area contributed by atoms with Crippen molar-refractivity contribution in [3.8, 4) is 0 Å². The minimum Gasteiger partial charge on any atom is -0.481 e. The first kappa shape index (κ1) is 20.0. The SMILES string of the molecule is O=C(O)CCC(=O)[N+]1(Cc2ccccn2)CCc2ccccc2C1c1ccccc1. The summed E-state index contributed by atoms with van der Waals surface area (Å²) in [4.78, 5) is 29.4. The van der Waals surface area contributed by atoms with E-state index in [1.807, 2.05) is 48.5 Å². The Kier molecular flexibility index (Phi) is 5.72. The van der Waals surface area contributed by atoms with Gasteiger partial charge in [0, 0.05) is 23.7 Å². The zero-order valence-corrected chi connectivity index (χ0v) is 16.8. The number of amides is 1. The van der Waals surface area contributed by atoms with Crippen LogP contribution in [-0.2, 0) is 22.6 Å². The van der Waals surface area contributed by atoms with Gasteiger partial charge in [-0.3, -0.25) is 9.78 Å². The van der Waals surface area contributed by atoms with Crippen molar-refractivity contribution in [2.24, 2.45) is 0 Å². The van der Waals surface area contributed by atoms with Crippen molar-refractivity contribution in [2.45, 2.75) is 31.8 Å². The molecule has 2 heterocycles. The summed E-state index contributed by atoms with van der Waals surface area (Å²) in [5.41, 5.74) is 4.27. The van der Waals surface area contributed by atoms with E-state index in [1.165, 1.54) is 5.56 Å². The van der Waals surface area contributed by atoms with Crippen LogP contribution in [0.5, 0.6) is 0 Å². The highest BCUT2D eigenvalue weighted by Crippen LogP contribution is 2.43. The van der Waals surface area contributed by atoms with Crippen LogP contribution in [-0.4, -0.2) is 33.0 Å². The second kappa shape index (κ2) is 8.59. The van der Waals surface area contributed by atoms with E-state index in [4.69, 9.17) is 0 Å². The summed E-state index contributed by atoms with van der Waals surface area (Å²) < 4.78 is 0.158. The minimum absolute atomic E-state index is 0.00761. The Bertz CT molecular complexity index is 1040. The predicted molar refractivity (Wildman–Crippen MR) is 113 cm³/mol. The van der Waals surface area contributed by atoms with Gasteiger partial charge in [0.05, 0.1) is 25.1 Å². The van der Waals surface area contributed by atoms with Gasteiger partial charge in [-0.15, -0.1) is 0 Å². The third-order valence-corrected chi connectivity index (χ3v) is 5.96. The molecule has 3 aromatic rings. The molecule has 1 N–H and O–H groups in total. The number of fused-ring (bicyclic) bond motifs is 1. The van der Waals surface area contributed by atoms with Gasteiger partial charge in [-0.05, 0) is 17.7 Å². The Labute approximate surface area is 176 Å². The van der Waals surface area contributed by atoms with E-state index in [2.05, 4.69) is 29.2 Å². The standard InChI is InChI=1S/C25H24N2O3/c28-23(13-14-24(29)30)27(18-21-11-6-7-16-26-21)17-15-19-8-4-5-12-22(19)25(27)20-9-2-1-3-10-20/h1-12,16,25H,13-15,17-18H2/p+1. The van der Waals surface area contributed by atoms with E-state index in [1.54, 1.807) is 6.20 Å². The monoisotopic (exact) mass is 401 g/mol. The number of benzene rings is 2. The number of rotatable bonds is 6. The summed E-state index contributed by atoms with van der Waals surface area (Å²) >= 11 is 0. The van der Waals surface area contributed by atoms with E-state index in [0.29, 0.717) is 13.1 Å². The summed E-state index contributed by atoms with van der Waals surface area (Å²) in [6.45, 7) is 1.05. The topological polar surface area (TPSA) is 67.3 Å². The van der Waals surface area contributed by atoms with Crippen LogP contribution in [0.15, 0.2) is 79.0 Å². The molecule has 0 spiro atoms. The number of carboxylic acids is 1. The molecule has 0 saturated heterocycles. The number of carbonyl (C=O) groups is 2. The Balaban J connectivity index is 1.87. The summed E-state index contributed by atoms with van der Waals surface area (Å²) in [6.07, 6.45) is 2.35. The average molecular weight is 401 g/mol. The van der Waals surface area contributed by atoms with Gasteiger partial charge < -0.3 is 5.11 Å². The van der Waals surface area contributed by atoms with Gasteiger partial charge in [-0.25, -0.2) is 9.28 Å². The highest BCUT2D eigenvalue weighted by molar-refractivity contribution is 5.77. The molecule has 0 saturated carbocycles. The van der Waals surface area contributed by atoms with Gasteiger partial charge >= 0.3 is 11.9 Å². The van der Waals surface area contributed by atoms with Crippen LogP contribution in [0.4, 0.5) is 0 Å². The zero-order chi connectivity index (χ0) is 21.0. The van der Waals surface area contributed by atoms with Gasteiger partial charge in [-0.2, -0.15) is 0 Å². The minimum atomic E-state index is -0.951. The summed E-state index contributed by atoms with van der Waals surface area (Å²) in [6, 6.07) is 23.9. The largest absolute Gasteiger partial charge is 0.481 e. The van der Waals surface area contributed by atoms with E-state index in [9.17, 15) is 14.7 Å². The second-order valence-electron chi connectivity index (χ2n) is 7.79. The Morgan fingerprint density at radius 2 is 1.67 bits per heavy atom. The lowest BCUT2D eigenvalue weighted by Crippen LogP contribution is -2.58. The van der Waals surface area contributed by atoms with Crippen molar-refractivity contribution in [3.63, 3.8) is 0 Å². The lowest BCUT2D eigenvalue weighted by Gasteiger charge is -2.46. The number of carboxylic acid groups (broad SMARTS) is 1. The molecule has 0 radical (unpaired) electrons. The van der Waals surface area contributed by atoms with Crippen molar-refractivity contribution in [1.29, 1.82) is 0 Å². The van der Waals surface area contributed by atoms with E-state index >= 15 is 0 Å². The van der Waals surface area contributed by atoms with Gasteiger partial charge in [0.2, 0.25) is 0 Å². The summed E-state index contributed by atoms with van der Waals surface area (Å²) in [7, 11) is 0. The van der Waals surface area contributed by atoms with Gasteiger partial charge in [-0.1, -0.05) is 60.7 Å². The highest BCUT2D eigenvalue weighted by atomic mass is 16.4. The van der Waals surface area contributed by atoms with Gasteiger partial charge in [0.25, 0.3) is 0 Å². The predicted octanol–water partition coefficient (Wildman–Crippen LogP) is 4.14. The maximum atomic E-state index is 13.7. The molecule has 2 atom stereocenters. The van der Waals surface area contributed by atoms with Crippen LogP contribution in [0, 0.1) is 0 Å². The Morgan fingerprint density at radius 3 is 2.40 bits per heavy atom. The number of quaternary nitrogens is 1. The molecular weight excluding hydrogens is 376 g/mol. The Morgan fingerprint density at radius 1 is 0.933 bits per heavy atom. The van der Waals surface area contributed by atoms with Crippen molar-refractivity contribution in [3.05, 3.63) is 101 Å². The first-order chi connectivity index (χ1) is 14.6. The van der Waals surface area contributed by atoms with Crippen molar-refractivity contribution in [1.82, 2.24) is 4.98 Å². The normalized spacial score (nSPS) is 20.3. The first-order valence-corrected chi connectivity index (χ1v) is 10.2. The maximum absolute atomic E-state index is 13.7. The molecule has 2 unspecified atom stereocenters. The molecule has 0 bridgehead atoms. The fourth-order valence-corrected chi connectivity index (χ4v) is 4.59. The van der Waals surface area contributed by atoms with Crippen molar-refractivity contribution in [2.75, 3.05) is 6.54 Å². The molecule has 30 heavy (non-hydrogen) atoms. The van der Waals surface area contributed by atoms with Crippen LogP contribution in [0.25, 0.3) is 0 Å². The number of hydrogen-bond acceptors (Lipinski definition) is 3. The van der Waals surface area contributed by atoms with E-state index in [-0.39, 0.29) is 29.3 Å². The maximum Gasteiger partial charge on any atom is 0.315 e. The molecule has 4 rings (SSSR count). The molecule has 1 aliphatic heterocycles. The molecule has 1 aliphatic rings. The quantitative estimate of drug-likeness (QED) is 0.631. The molecule has 0 aliphatic carbocycles. The lowest BCUT2D eigenvalue weighted by atomic mass is 9.85. The molecule has 152 valence electrons. The number of pyridine rings is 1. The molecule has 2 aromatic carbocycles. The zero-order valence-electron chi connectivity index (χ0n) is 16.8. The van der Waals surface area contributed by atoms with Crippen LogP contribution in [0.3, 0.4) is 0 Å². The molecule has 0 fully saturated rings. The third kappa shape index (κ3) is 3.89. The second-order valence-corrected chi connectivity index (χ2v) is 7.79. The molecule has 1 aromatic heterocycles. The summed E-state index contributed by atoms with van der Waals surface area (Å²) in [5.74, 6) is -1.00. The Hall–Kier alpha value is -3.31. The van der Waals surface area contributed by atoms with Crippen LogP contribution in [0.1, 0.15) is 41.3 Å². The number of nitrogens with zero attached hydrogens (tertiary/aromatic N) is 2. The van der Waals surface area contributed by atoms with Crippen molar-refractivity contribution >= 4 is 11.9 Å². The fraction of sp³-hybridized carbons (Fsp3) is 0.240. The lowest BCUT2D eigenvalue weighted by molar-refractivity contribution is -0.895. The molecule has 5 nitrogen and oxygen atoms in total.